The Bertz CT molecular complexity index is 576. The molecule has 18 heavy (non-hydrogen) atoms. The Labute approximate surface area is 104 Å². The van der Waals surface area contributed by atoms with Crippen molar-refractivity contribution < 1.29 is 9.26 Å². The van der Waals surface area contributed by atoms with Gasteiger partial charge in [-0.2, -0.15) is 15.3 Å². The molecule has 2 rings (SSSR count). The molecule has 0 fully saturated rings. The van der Waals surface area contributed by atoms with Crippen molar-refractivity contribution in [1.82, 2.24) is 20.3 Å². The van der Waals surface area contributed by atoms with Gasteiger partial charge in [0, 0.05) is 7.11 Å². The maximum absolute atomic E-state index is 8.89. The number of methoxy groups -OCH3 is 1. The molecule has 2 aromatic rings. The lowest BCUT2D eigenvalue weighted by Gasteiger charge is -2.21. The Morgan fingerprint density at radius 2 is 2.39 bits per heavy atom. The molecule has 0 amide bonds. The first-order chi connectivity index (χ1) is 8.64. The molecule has 7 heteroatoms. The highest BCUT2D eigenvalue weighted by Crippen LogP contribution is 2.28. The number of aromatic nitrogens is 4. The Morgan fingerprint density at radius 3 is 3.00 bits per heavy atom. The zero-order chi connectivity index (χ0) is 13.2. The number of ether oxygens (including phenoxy) is 1. The van der Waals surface area contributed by atoms with Gasteiger partial charge in [0.25, 0.3) is 5.89 Å². The molecule has 0 aliphatic rings. The fraction of sp³-hybridized carbons (Fsp3) is 0.455. The Kier molecular flexibility index (Phi) is 3.12. The summed E-state index contributed by atoms with van der Waals surface area (Å²) < 4.78 is 10.5. The van der Waals surface area contributed by atoms with E-state index in [1.165, 1.54) is 6.20 Å². The van der Waals surface area contributed by atoms with Gasteiger partial charge in [0.2, 0.25) is 5.82 Å². The third kappa shape index (κ3) is 1.87. The number of nitrogens with one attached hydrogen (secondary N) is 1. The fourth-order valence-corrected chi connectivity index (χ4v) is 1.47. The second-order valence-corrected chi connectivity index (χ2v) is 3.98. The molecular formula is C11H13N5O2. The minimum atomic E-state index is -0.599. The lowest BCUT2D eigenvalue weighted by molar-refractivity contribution is -0.0106. The van der Waals surface area contributed by atoms with Crippen LogP contribution < -0.4 is 0 Å². The number of hydrogen-bond donors (Lipinski definition) is 1. The molecule has 0 saturated carbocycles. The van der Waals surface area contributed by atoms with Crippen LogP contribution in [0, 0.1) is 11.3 Å². The zero-order valence-electron chi connectivity index (χ0n) is 10.4. The van der Waals surface area contributed by atoms with Crippen LogP contribution in [0.25, 0.3) is 11.5 Å². The molecule has 0 aliphatic heterocycles. The van der Waals surface area contributed by atoms with E-state index in [-0.39, 0.29) is 5.89 Å². The molecule has 0 aromatic carbocycles. The monoisotopic (exact) mass is 247 g/mol. The average Bonchev–Trinajstić information content (AvgIpc) is 3.05. The molecule has 0 saturated heterocycles. The van der Waals surface area contributed by atoms with Crippen molar-refractivity contribution in [2.45, 2.75) is 25.9 Å². The largest absolute Gasteiger partial charge is 0.370 e. The van der Waals surface area contributed by atoms with E-state index in [9.17, 15) is 0 Å². The minimum Gasteiger partial charge on any atom is -0.370 e. The van der Waals surface area contributed by atoms with Gasteiger partial charge < -0.3 is 9.26 Å². The van der Waals surface area contributed by atoms with Crippen molar-refractivity contribution in [1.29, 1.82) is 5.26 Å². The van der Waals surface area contributed by atoms with E-state index in [2.05, 4.69) is 20.3 Å². The standard InChI is InChI=1S/C11H13N5O2/c1-4-11(2,17-3)10-14-9(18-16-10)7-6-13-15-8(7)5-12/h6H,4H2,1-3H3,(H,13,15). The van der Waals surface area contributed by atoms with E-state index in [4.69, 9.17) is 14.5 Å². The van der Waals surface area contributed by atoms with E-state index >= 15 is 0 Å². The predicted octanol–water partition coefficient (Wildman–Crippen LogP) is 1.60. The van der Waals surface area contributed by atoms with Crippen LogP contribution in [-0.4, -0.2) is 27.4 Å². The number of aromatic amines is 1. The second-order valence-electron chi connectivity index (χ2n) is 3.98. The summed E-state index contributed by atoms with van der Waals surface area (Å²) >= 11 is 0. The molecular weight excluding hydrogens is 234 g/mol. The van der Waals surface area contributed by atoms with Gasteiger partial charge in [-0.05, 0) is 13.3 Å². The molecule has 0 bridgehead atoms. The van der Waals surface area contributed by atoms with Crippen LogP contribution in [0.15, 0.2) is 10.7 Å². The molecule has 94 valence electrons. The van der Waals surface area contributed by atoms with Crippen LogP contribution >= 0.6 is 0 Å². The lowest BCUT2D eigenvalue weighted by Crippen LogP contribution is -2.24. The molecule has 2 aromatic heterocycles. The van der Waals surface area contributed by atoms with Gasteiger partial charge in [-0.15, -0.1) is 0 Å². The van der Waals surface area contributed by atoms with Crippen molar-refractivity contribution in [2.24, 2.45) is 0 Å². The van der Waals surface area contributed by atoms with Gasteiger partial charge in [-0.3, -0.25) is 5.10 Å². The van der Waals surface area contributed by atoms with Gasteiger partial charge >= 0.3 is 0 Å². The summed E-state index contributed by atoms with van der Waals surface area (Å²) in [5.74, 6) is 0.708. The maximum Gasteiger partial charge on any atom is 0.262 e. The summed E-state index contributed by atoms with van der Waals surface area (Å²) in [7, 11) is 1.60. The number of nitriles is 1. The number of rotatable bonds is 4. The summed E-state index contributed by atoms with van der Waals surface area (Å²) in [6.45, 7) is 3.85. The SMILES string of the molecule is CCC(C)(OC)c1noc(-c2cn[nH]c2C#N)n1. The van der Waals surface area contributed by atoms with E-state index < -0.39 is 5.60 Å². The minimum absolute atomic E-state index is 0.257. The van der Waals surface area contributed by atoms with Crippen molar-refractivity contribution in [2.75, 3.05) is 7.11 Å². The van der Waals surface area contributed by atoms with Crippen LogP contribution in [0.5, 0.6) is 0 Å². The Hall–Kier alpha value is -2.20. The van der Waals surface area contributed by atoms with Crippen LogP contribution in [0.2, 0.25) is 0 Å². The van der Waals surface area contributed by atoms with E-state index in [0.29, 0.717) is 23.5 Å². The second kappa shape index (κ2) is 4.58. The zero-order valence-corrected chi connectivity index (χ0v) is 10.4. The third-order valence-electron chi connectivity index (χ3n) is 3.01. The van der Waals surface area contributed by atoms with Crippen molar-refractivity contribution in [3.05, 3.63) is 17.7 Å². The predicted molar refractivity (Wildman–Crippen MR) is 61.2 cm³/mol. The molecule has 0 aliphatic carbocycles. The van der Waals surface area contributed by atoms with Crippen molar-refractivity contribution in [3.63, 3.8) is 0 Å². The first-order valence-electron chi connectivity index (χ1n) is 5.47. The van der Waals surface area contributed by atoms with Gasteiger partial charge in [-0.1, -0.05) is 12.1 Å². The maximum atomic E-state index is 8.89. The summed E-state index contributed by atoms with van der Waals surface area (Å²) in [6, 6.07) is 1.97. The highest BCUT2D eigenvalue weighted by molar-refractivity contribution is 5.59. The summed E-state index contributed by atoms with van der Waals surface area (Å²) in [4.78, 5) is 4.26. The van der Waals surface area contributed by atoms with Gasteiger partial charge in [0.05, 0.1) is 11.8 Å². The van der Waals surface area contributed by atoms with E-state index in [1.54, 1.807) is 7.11 Å². The smallest absolute Gasteiger partial charge is 0.262 e. The van der Waals surface area contributed by atoms with Crippen LogP contribution in [0.3, 0.4) is 0 Å². The molecule has 1 atom stereocenters. The quantitative estimate of drug-likeness (QED) is 0.880. The topological polar surface area (TPSA) is 101 Å². The third-order valence-corrected chi connectivity index (χ3v) is 3.01. The highest BCUT2D eigenvalue weighted by atomic mass is 16.5. The van der Waals surface area contributed by atoms with Gasteiger partial charge in [0.15, 0.2) is 0 Å². The molecule has 1 N–H and O–H groups in total. The summed E-state index contributed by atoms with van der Waals surface area (Å²) in [5, 5.41) is 19.1. The van der Waals surface area contributed by atoms with Crippen molar-refractivity contribution >= 4 is 0 Å². The summed E-state index contributed by atoms with van der Waals surface area (Å²) in [5.41, 5.74) is 0.185. The van der Waals surface area contributed by atoms with Crippen LogP contribution in [0.4, 0.5) is 0 Å². The number of nitrogens with zero attached hydrogens (tertiary/aromatic N) is 4. The fourth-order valence-electron chi connectivity index (χ4n) is 1.47. The van der Waals surface area contributed by atoms with E-state index in [0.717, 1.165) is 0 Å². The molecule has 1 unspecified atom stereocenters. The van der Waals surface area contributed by atoms with Gasteiger partial charge in [-0.25, -0.2) is 0 Å². The molecule has 0 spiro atoms. The van der Waals surface area contributed by atoms with E-state index in [1.807, 2.05) is 19.9 Å². The summed E-state index contributed by atoms with van der Waals surface area (Å²) in [6.07, 6.45) is 2.19. The number of H-pyrrole nitrogens is 1. The van der Waals surface area contributed by atoms with Crippen LogP contribution in [0.1, 0.15) is 31.8 Å². The molecule has 2 heterocycles. The van der Waals surface area contributed by atoms with Crippen LogP contribution in [-0.2, 0) is 10.3 Å². The molecule has 0 radical (unpaired) electrons. The molecule has 7 nitrogen and oxygen atoms in total. The average molecular weight is 247 g/mol. The first kappa shape index (κ1) is 12.3. The highest BCUT2D eigenvalue weighted by Gasteiger charge is 2.30. The normalized spacial score (nSPS) is 14.1. The first-order valence-corrected chi connectivity index (χ1v) is 5.47. The Morgan fingerprint density at radius 1 is 1.61 bits per heavy atom. The Balaban J connectivity index is 2.40. The van der Waals surface area contributed by atoms with Gasteiger partial charge in [0.1, 0.15) is 17.4 Å². The number of hydrogen-bond acceptors (Lipinski definition) is 6. The van der Waals surface area contributed by atoms with Crippen molar-refractivity contribution in [3.8, 4) is 17.5 Å². The lowest BCUT2D eigenvalue weighted by atomic mass is 10.0.